The van der Waals surface area contributed by atoms with Crippen LogP contribution in [-0.2, 0) is 0 Å². The molecule has 1 atom stereocenters. The molecule has 0 spiro atoms. The summed E-state index contributed by atoms with van der Waals surface area (Å²) in [7, 11) is 3.80. The Morgan fingerprint density at radius 3 is 2.64 bits per heavy atom. The smallest absolute Gasteiger partial charge is 0.185 e. The fourth-order valence-corrected chi connectivity index (χ4v) is 2.15. The maximum absolute atomic E-state index is 13.5. The molecule has 0 aromatic carbocycles. The third kappa shape index (κ3) is 2.42. The molecule has 5 heteroatoms. The number of anilines is 1. The lowest BCUT2D eigenvalue weighted by Gasteiger charge is -2.06. The molecule has 1 aromatic rings. The average molecular weight is 217 g/mol. The number of alkyl halides is 1. The molecule has 14 heavy (non-hydrogen) atoms. The fraction of sp³-hybridized carbons (Fsp3) is 0.667. The van der Waals surface area contributed by atoms with E-state index in [-0.39, 0.29) is 0 Å². The second-order valence-corrected chi connectivity index (χ2v) is 4.39. The van der Waals surface area contributed by atoms with Crippen LogP contribution in [0.4, 0.5) is 9.52 Å². The number of aromatic nitrogens is 1. The summed E-state index contributed by atoms with van der Waals surface area (Å²) < 4.78 is 13.5. The first-order valence-corrected chi connectivity index (χ1v) is 5.36. The number of thiazole rings is 1. The molecule has 0 aliphatic heterocycles. The zero-order valence-electron chi connectivity index (χ0n) is 8.75. The Morgan fingerprint density at radius 2 is 2.21 bits per heavy atom. The summed E-state index contributed by atoms with van der Waals surface area (Å²) in [6, 6.07) is 0. The zero-order valence-corrected chi connectivity index (χ0v) is 9.57. The van der Waals surface area contributed by atoms with Crippen molar-refractivity contribution >= 4 is 16.5 Å². The molecule has 0 bridgehead atoms. The first kappa shape index (κ1) is 11.4. The minimum absolute atomic E-state index is 0.371. The third-order valence-corrected chi connectivity index (χ3v) is 3.32. The summed E-state index contributed by atoms with van der Waals surface area (Å²) in [5.41, 5.74) is 6.09. The highest BCUT2D eigenvalue weighted by molar-refractivity contribution is 7.15. The van der Waals surface area contributed by atoms with Crippen LogP contribution in [0.3, 0.4) is 0 Å². The van der Waals surface area contributed by atoms with Gasteiger partial charge in [0.1, 0.15) is 6.17 Å². The number of hydrogen-bond acceptors (Lipinski definition) is 4. The summed E-state index contributed by atoms with van der Waals surface area (Å²) in [4.78, 5) is 6.87. The van der Waals surface area contributed by atoms with E-state index in [1.165, 1.54) is 11.3 Å². The molecule has 1 rings (SSSR count). The van der Waals surface area contributed by atoms with Crippen molar-refractivity contribution in [2.45, 2.75) is 19.5 Å². The van der Waals surface area contributed by atoms with Crippen molar-refractivity contribution < 1.29 is 4.39 Å². The van der Waals surface area contributed by atoms with Gasteiger partial charge in [-0.25, -0.2) is 9.37 Å². The number of rotatable bonds is 4. The van der Waals surface area contributed by atoms with Crippen LogP contribution in [0, 0.1) is 6.92 Å². The van der Waals surface area contributed by atoms with Crippen molar-refractivity contribution in [3.8, 4) is 0 Å². The first-order chi connectivity index (χ1) is 6.56. The Morgan fingerprint density at radius 1 is 1.57 bits per heavy atom. The Balaban J connectivity index is 2.86. The minimum atomic E-state index is -0.966. The molecule has 0 amide bonds. The lowest BCUT2D eigenvalue weighted by molar-refractivity contribution is 0.331. The van der Waals surface area contributed by atoms with E-state index in [2.05, 4.69) is 4.98 Å². The molecule has 80 valence electrons. The van der Waals surface area contributed by atoms with Gasteiger partial charge in [0, 0.05) is 14.1 Å². The van der Waals surface area contributed by atoms with Gasteiger partial charge >= 0.3 is 0 Å². The third-order valence-electron chi connectivity index (χ3n) is 1.91. The highest BCUT2D eigenvalue weighted by atomic mass is 32.1. The van der Waals surface area contributed by atoms with Crippen LogP contribution < -0.4 is 10.6 Å². The quantitative estimate of drug-likeness (QED) is 0.837. The molecule has 0 saturated carbocycles. The van der Waals surface area contributed by atoms with Gasteiger partial charge in [0.25, 0.3) is 0 Å². The highest BCUT2D eigenvalue weighted by Crippen LogP contribution is 2.33. The molecule has 0 aliphatic carbocycles. The number of aryl methyl sites for hydroxylation is 1. The molecule has 1 aromatic heterocycles. The van der Waals surface area contributed by atoms with Crippen molar-refractivity contribution in [1.29, 1.82) is 0 Å². The van der Waals surface area contributed by atoms with E-state index in [1.54, 1.807) is 0 Å². The van der Waals surface area contributed by atoms with Gasteiger partial charge in [-0.15, -0.1) is 0 Å². The van der Waals surface area contributed by atoms with Gasteiger partial charge in [-0.1, -0.05) is 11.3 Å². The van der Waals surface area contributed by atoms with E-state index < -0.39 is 6.17 Å². The largest absolute Gasteiger partial charge is 0.354 e. The molecule has 1 heterocycles. The van der Waals surface area contributed by atoms with Crippen LogP contribution in [0.1, 0.15) is 23.2 Å². The number of nitrogens with two attached hydrogens (primary N) is 1. The lowest BCUT2D eigenvalue weighted by Crippen LogP contribution is -2.07. The monoisotopic (exact) mass is 217 g/mol. The Kier molecular flexibility index (Phi) is 3.83. The van der Waals surface area contributed by atoms with Crippen molar-refractivity contribution in [2.75, 3.05) is 25.5 Å². The fourth-order valence-electron chi connectivity index (χ4n) is 1.15. The number of hydrogen-bond donors (Lipinski definition) is 1. The SMILES string of the molecule is Cc1nc(N(C)C)sc1C(F)CCN. The average Bonchev–Trinajstić information content (AvgIpc) is 2.48. The summed E-state index contributed by atoms with van der Waals surface area (Å²) in [6.45, 7) is 2.21. The number of halogens is 1. The topological polar surface area (TPSA) is 42.2 Å². The molecule has 0 radical (unpaired) electrons. The number of nitrogens with zero attached hydrogens (tertiary/aromatic N) is 2. The second-order valence-electron chi connectivity index (χ2n) is 3.39. The van der Waals surface area contributed by atoms with Crippen molar-refractivity contribution in [2.24, 2.45) is 5.73 Å². The van der Waals surface area contributed by atoms with Crippen molar-refractivity contribution in [3.63, 3.8) is 0 Å². The van der Waals surface area contributed by atoms with E-state index in [0.29, 0.717) is 17.8 Å². The van der Waals surface area contributed by atoms with Crippen LogP contribution in [0.15, 0.2) is 0 Å². The second kappa shape index (κ2) is 4.70. The van der Waals surface area contributed by atoms with Gasteiger partial charge < -0.3 is 10.6 Å². The Hall–Kier alpha value is -0.680. The van der Waals surface area contributed by atoms with Crippen LogP contribution in [0.5, 0.6) is 0 Å². The van der Waals surface area contributed by atoms with E-state index >= 15 is 0 Å². The summed E-state index contributed by atoms with van der Waals surface area (Å²) in [5, 5.41) is 0.845. The van der Waals surface area contributed by atoms with Crippen molar-refractivity contribution in [1.82, 2.24) is 4.98 Å². The van der Waals surface area contributed by atoms with Gasteiger partial charge in [0.15, 0.2) is 5.13 Å². The van der Waals surface area contributed by atoms with Gasteiger partial charge in [0.2, 0.25) is 0 Å². The standard InChI is InChI=1S/C9H16FN3S/c1-6-8(7(10)4-5-11)14-9(12-6)13(2)3/h7H,4-5,11H2,1-3H3. The molecular formula is C9H16FN3S. The predicted molar refractivity (Wildman–Crippen MR) is 58.7 cm³/mol. The van der Waals surface area contributed by atoms with Crippen LogP contribution in [0.25, 0.3) is 0 Å². The molecule has 1 unspecified atom stereocenters. The molecule has 3 nitrogen and oxygen atoms in total. The van der Waals surface area contributed by atoms with E-state index in [1.807, 2.05) is 25.9 Å². The Labute approximate surface area is 87.7 Å². The molecule has 0 fully saturated rings. The first-order valence-electron chi connectivity index (χ1n) is 4.55. The minimum Gasteiger partial charge on any atom is -0.354 e. The molecular weight excluding hydrogens is 201 g/mol. The van der Waals surface area contributed by atoms with Gasteiger partial charge in [-0.2, -0.15) is 0 Å². The van der Waals surface area contributed by atoms with Crippen LogP contribution in [0.2, 0.25) is 0 Å². The van der Waals surface area contributed by atoms with Crippen molar-refractivity contribution in [3.05, 3.63) is 10.6 Å². The molecule has 0 saturated heterocycles. The maximum Gasteiger partial charge on any atom is 0.185 e. The summed E-state index contributed by atoms with van der Waals surface area (Å²) in [6.07, 6.45) is -0.596. The van der Waals surface area contributed by atoms with E-state index in [0.717, 1.165) is 10.8 Å². The zero-order chi connectivity index (χ0) is 10.7. The summed E-state index contributed by atoms with van der Waals surface area (Å²) >= 11 is 1.40. The molecule has 0 aliphatic rings. The maximum atomic E-state index is 13.5. The predicted octanol–water partition coefficient (Wildman–Crippen LogP) is 1.88. The Bertz CT molecular complexity index is 298. The van der Waals surface area contributed by atoms with Gasteiger partial charge in [-0.3, -0.25) is 0 Å². The lowest BCUT2D eigenvalue weighted by atomic mass is 10.2. The highest BCUT2D eigenvalue weighted by Gasteiger charge is 2.17. The van der Waals surface area contributed by atoms with Crippen LogP contribution >= 0.6 is 11.3 Å². The van der Waals surface area contributed by atoms with Gasteiger partial charge in [0.05, 0.1) is 10.6 Å². The summed E-state index contributed by atoms with van der Waals surface area (Å²) in [5.74, 6) is 0. The van der Waals surface area contributed by atoms with Gasteiger partial charge in [-0.05, 0) is 19.9 Å². The van der Waals surface area contributed by atoms with E-state index in [9.17, 15) is 4.39 Å². The van der Waals surface area contributed by atoms with Crippen LogP contribution in [-0.4, -0.2) is 25.6 Å². The molecule has 2 N–H and O–H groups in total. The normalized spacial score (nSPS) is 12.9. The van der Waals surface area contributed by atoms with E-state index in [4.69, 9.17) is 5.73 Å².